The average molecular weight is 2060 g/mol. The van der Waals surface area contributed by atoms with Crippen LogP contribution in [-0.2, 0) is 37.6 Å². The molecule has 2 fully saturated rings. The van der Waals surface area contributed by atoms with Gasteiger partial charge in [0.1, 0.15) is 32.5 Å². The predicted octanol–water partition coefficient (Wildman–Crippen LogP) is 15.7. The van der Waals surface area contributed by atoms with Crippen molar-refractivity contribution in [3.05, 3.63) is 244 Å². The molecule has 0 bridgehead atoms. The van der Waals surface area contributed by atoms with Crippen LogP contribution < -0.4 is 67.2 Å². The lowest BCUT2D eigenvalue weighted by Crippen LogP contribution is -2.41. The fraction of sp³-hybridized carbons (Fsp3) is 0.299. The van der Waals surface area contributed by atoms with Crippen LogP contribution in [0.5, 0.6) is 23.0 Å². The van der Waals surface area contributed by atoms with E-state index in [9.17, 15) is 58.5 Å². The third-order valence-electron chi connectivity index (χ3n) is 21.5. The van der Waals surface area contributed by atoms with Crippen molar-refractivity contribution in [2.45, 2.75) is 145 Å². The fourth-order valence-corrected chi connectivity index (χ4v) is 16.6. The van der Waals surface area contributed by atoms with Gasteiger partial charge >= 0.3 is 39.3 Å². The smallest absolute Gasteiger partial charge is 0.494 e. The van der Waals surface area contributed by atoms with Crippen LogP contribution in [0.25, 0.3) is 6.08 Å². The molecule has 143 heavy (non-hydrogen) atoms. The number of Topliss-reactive ketones (excluding diaryl/α,β-unsaturated/α-hetero) is 3. The zero-order valence-corrected chi connectivity index (χ0v) is 86.6. The molecular weight excluding hydrogens is 1950 g/mol. The van der Waals surface area contributed by atoms with Crippen LogP contribution in [0, 0.1) is 36.5 Å². The number of nitrogens with one attached hydrogen (secondary N) is 6. The summed E-state index contributed by atoms with van der Waals surface area (Å²) < 4.78 is 59.8. The summed E-state index contributed by atoms with van der Waals surface area (Å²) in [5.41, 5.74) is 6.04. The van der Waals surface area contributed by atoms with Crippen molar-refractivity contribution in [3.63, 3.8) is 0 Å². The molecule has 6 aromatic carbocycles. The minimum Gasteiger partial charge on any atom is -0.496 e. The van der Waals surface area contributed by atoms with Gasteiger partial charge in [0.2, 0.25) is 11.7 Å². The Kier molecular flexibility index (Phi) is 40.9. The lowest BCUT2D eigenvalue weighted by molar-refractivity contribution is -0.111. The van der Waals surface area contributed by atoms with E-state index in [1.807, 2.05) is 136 Å². The quantitative estimate of drug-likeness (QED) is 0.00657. The number of esters is 3. The van der Waals surface area contributed by atoms with Crippen LogP contribution in [0.15, 0.2) is 171 Å². The van der Waals surface area contributed by atoms with Gasteiger partial charge in [0.05, 0.1) is 135 Å². The number of thiazole rings is 6. The molecule has 746 valence electrons. The normalized spacial score (nSPS) is 13.5. The molecule has 2 unspecified atom stereocenters. The highest BCUT2D eigenvalue weighted by atomic mass is 32.1. The number of aryl methyl sites for hydroxylation is 1. The van der Waals surface area contributed by atoms with E-state index in [4.69, 9.17) is 61.8 Å². The molecule has 12 aromatic rings. The Labute approximate surface area is 850 Å². The molecule has 46 heteroatoms. The second-order valence-electron chi connectivity index (χ2n) is 32.6. The second-order valence-corrected chi connectivity index (χ2v) is 38.7. The highest BCUT2D eigenvalue weighted by Gasteiger charge is 2.53. The summed E-state index contributed by atoms with van der Waals surface area (Å²) in [5, 5.41) is 56.0. The van der Waals surface area contributed by atoms with Crippen LogP contribution in [0.4, 0.5) is 30.8 Å². The SMILES string of the molecule is CC(=O)c1cnc(NC(=O)/C=C/c2ccccc2)s1.CCOC(=O)c1cnc(NC(=O)c2ccc(B3OC(C)(C)C(C)(C)O3)cc2)s1.CCOC(=O)c1cnc(NC(C#N)c2ccc(B(O)O)cc2)s1.CCOC(=O)c1cnc(NC(C#N)c2ccc(B3OC(C)(C)C(C)(C)O3)cc2)s1.COc1cc(C(=O)Nc2ncc(C(C)=O)s2)cc(C)c1C.COc1cc(C(=O)Nc2ncc(C(C)=O)s2)cc(OC)c1OC. The van der Waals surface area contributed by atoms with Crippen molar-refractivity contribution in [2.24, 2.45) is 0 Å². The molecule has 8 heterocycles. The van der Waals surface area contributed by atoms with Gasteiger partial charge in [-0.25, -0.2) is 44.3 Å². The maximum Gasteiger partial charge on any atom is 0.494 e. The van der Waals surface area contributed by atoms with Gasteiger partial charge in [-0.2, -0.15) is 10.5 Å². The molecule has 2 aliphatic heterocycles. The zero-order valence-electron chi connectivity index (χ0n) is 81.7. The average Bonchev–Trinajstić information content (AvgIpc) is 1.63. The minimum atomic E-state index is -1.55. The van der Waals surface area contributed by atoms with E-state index < -0.39 is 79.7 Å². The number of carbonyl (C=O) groups excluding carboxylic acids is 10. The molecule has 37 nitrogen and oxygen atoms in total. The van der Waals surface area contributed by atoms with Crippen LogP contribution >= 0.6 is 68.0 Å². The maximum absolute atomic E-state index is 12.4. The summed E-state index contributed by atoms with van der Waals surface area (Å²) >= 11 is 6.76. The molecule has 2 atom stereocenters. The molecule has 0 saturated carbocycles. The molecule has 2 aliphatic rings. The summed E-state index contributed by atoms with van der Waals surface area (Å²) in [6.07, 6.45) is 11.7. The summed E-state index contributed by atoms with van der Waals surface area (Å²) in [5.74, 6) is -0.981. The van der Waals surface area contributed by atoms with Gasteiger partial charge in [-0.15, -0.1) is 0 Å². The van der Waals surface area contributed by atoms with Crippen molar-refractivity contribution in [2.75, 3.05) is 80.2 Å². The molecule has 14 rings (SSSR count). The molecule has 6 aromatic heterocycles. The van der Waals surface area contributed by atoms with Crippen molar-refractivity contribution >= 4 is 202 Å². The molecule has 0 spiro atoms. The number of hydrogen-bond acceptors (Lipinski definition) is 39. The number of nitrogens with zero attached hydrogens (tertiary/aromatic N) is 8. The van der Waals surface area contributed by atoms with Gasteiger partial charge in [-0.3, -0.25) is 54.8 Å². The van der Waals surface area contributed by atoms with Gasteiger partial charge < -0.3 is 72.5 Å². The van der Waals surface area contributed by atoms with E-state index in [0.29, 0.717) is 117 Å². The summed E-state index contributed by atoms with van der Waals surface area (Å²) in [4.78, 5) is 144. The third-order valence-corrected chi connectivity index (χ3v) is 27.3. The van der Waals surface area contributed by atoms with Crippen molar-refractivity contribution in [1.82, 2.24) is 29.9 Å². The monoisotopic (exact) mass is 2060 g/mol. The number of aromatic nitrogens is 6. The zero-order chi connectivity index (χ0) is 105. The number of carbonyl (C=O) groups is 10. The first-order valence-corrected chi connectivity index (χ1v) is 48.7. The Hall–Kier alpha value is -14.1. The number of hydrogen-bond donors (Lipinski definition) is 8. The Morgan fingerprint density at radius 3 is 1.09 bits per heavy atom. The minimum absolute atomic E-state index is 0.0576. The van der Waals surface area contributed by atoms with Crippen LogP contribution in [0.2, 0.25) is 0 Å². The predicted molar refractivity (Wildman–Crippen MR) is 552 cm³/mol. The fourth-order valence-electron chi connectivity index (χ4n) is 12.2. The number of amides is 4. The molecule has 0 aliphatic carbocycles. The van der Waals surface area contributed by atoms with Gasteiger partial charge in [0.15, 0.2) is 59.6 Å². The number of anilines is 6. The number of methoxy groups -OCH3 is 4. The number of rotatable bonds is 31. The number of benzene rings is 6. The topological polar surface area (TPSA) is 510 Å². The summed E-state index contributed by atoms with van der Waals surface area (Å²) in [6.45, 7) is 30.3. The van der Waals surface area contributed by atoms with Crippen molar-refractivity contribution < 1.29 is 110 Å². The highest BCUT2D eigenvalue weighted by molar-refractivity contribution is 7.19. The van der Waals surface area contributed by atoms with Crippen LogP contribution in [0.1, 0.15) is 226 Å². The van der Waals surface area contributed by atoms with Gasteiger partial charge in [0, 0.05) is 43.5 Å². The summed E-state index contributed by atoms with van der Waals surface area (Å²) in [6, 6.07) is 40.0. The standard InChI is InChI=1S/C20H24BN3O4S.C19H23BN2O5S.C15H16N2O5S.C15H16N2O3S.C14H14BN3O4S.C14H12N2O2S/c1-6-26-17(25)16-12-23-18(29-16)24-15(11-22)13-7-9-14(10-8-13)21-27-19(2,3)20(4,5)28-21;1-6-25-16(24)14-11-21-17(28-14)22-15(23)12-7-9-13(10-8-12)20-26-18(2,3)19(4,5)27-20;1-8(18)12-7-16-15(23-12)17-14(19)9-5-10(20-2)13(22-4)11(6-9)21-3;1-8-5-11(6-12(20-4)9(8)2)14(19)17-15-16-7-13(21-15)10(3)18;1-2-22-13(19)12-8-17-14(23-12)18-11(7-16)9-3-5-10(6-4-9)15(20)21;1-10(17)12-9-15-14(19-12)16-13(18)8-7-11-5-3-2-4-6-11/h7-10,12,15H,6H2,1-5H3,(H,23,24);7-11H,6H2,1-5H3,(H,21,22,23);5-7H,1-4H3,(H,16,17,19);5-7H,1-4H3,(H,16,17,19);3-6,8,11,20-21H,2H2,1H3,(H,17,18);2-9H,1H3,(H,15,16,18)/b;;;;;8-7+. The van der Waals surface area contributed by atoms with E-state index >= 15 is 0 Å². The van der Waals surface area contributed by atoms with Crippen molar-refractivity contribution in [1.29, 1.82) is 10.5 Å². The highest BCUT2D eigenvalue weighted by Crippen LogP contribution is 2.41. The van der Waals surface area contributed by atoms with E-state index in [2.05, 4.69) is 73.9 Å². The number of ether oxygens (including phenoxy) is 7. The Morgan fingerprint density at radius 2 is 0.748 bits per heavy atom. The number of nitriles is 2. The lowest BCUT2D eigenvalue weighted by Gasteiger charge is -2.32. The molecule has 2 saturated heterocycles. The van der Waals surface area contributed by atoms with E-state index in [1.165, 1.54) is 110 Å². The van der Waals surface area contributed by atoms with E-state index in [1.54, 1.807) is 70.4 Å². The molecular formula is C97H105B3N14O23S6. The Morgan fingerprint density at radius 1 is 0.427 bits per heavy atom. The van der Waals surface area contributed by atoms with E-state index in [-0.39, 0.29) is 48.3 Å². The first-order chi connectivity index (χ1) is 67.9. The van der Waals surface area contributed by atoms with Crippen LogP contribution in [0.3, 0.4) is 0 Å². The Bertz CT molecular complexity index is 6530. The lowest BCUT2D eigenvalue weighted by atomic mass is 9.78. The van der Waals surface area contributed by atoms with Crippen molar-refractivity contribution in [3.8, 4) is 35.1 Å². The van der Waals surface area contributed by atoms with Gasteiger partial charge in [0.25, 0.3) is 17.7 Å². The molecule has 4 amide bonds. The first-order valence-electron chi connectivity index (χ1n) is 43.8. The third kappa shape index (κ3) is 31.4. The first kappa shape index (κ1) is 112. The van der Waals surface area contributed by atoms with Gasteiger partial charge in [-0.1, -0.05) is 159 Å². The molecule has 0 radical (unpaired) electrons. The summed E-state index contributed by atoms with van der Waals surface area (Å²) in [7, 11) is 3.52. The largest absolute Gasteiger partial charge is 0.496 e. The van der Waals surface area contributed by atoms with Gasteiger partial charge in [-0.05, 0) is 177 Å². The number of ketones is 3. The van der Waals surface area contributed by atoms with E-state index in [0.717, 1.165) is 101 Å². The molecule has 8 N–H and O–H groups in total. The Balaban J connectivity index is 0.000000192. The van der Waals surface area contributed by atoms with Crippen LogP contribution in [-0.4, -0.2) is 191 Å². The maximum atomic E-state index is 12.4. The second kappa shape index (κ2) is 52.0.